The first-order valence-corrected chi connectivity index (χ1v) is 7.58. The van der Waals surface area contributed by atoms with Gasteiger partial charge in [0, 0.05) is 11.2 Å². The molecule has 2 aromatic carbocycles. The Kier molecular flexibility index (Phi) is 4.58. The number of hydrogen-bond donors (Lipinski definition) is 1. The number of amides is 4. The second-order valence-corrected chi connectivity index (χ2v) is 5.59. The second kappa shape index (κ2) is 6.82. The predicted octanol–water partition coefficient (Wildman–Crippen LogP) is 3.08. The van der Waals surface area contributed by atoms with Gasteiger partial charge in [-0.1, -0.05) is 23.7 Å². The van der Waals surface area contributed by atoms with E-state index in [-0.39, 0.29) is 5.69 Å². The zero-order valence-electron chi connectivity index (χ0n) is 12.6. The van der Waals surface area contributed by atoms with Gasteiger partial charge in [-0.2, -0.15) is 0 Å². The highest BCUT2D eigenvalue weighted by molar-refractivity contribution is 6.32. The number of carbonyl (C=O) groups excluding carboxylic acids is 3. The van der Waals surface area contributed by atoms with E-state index in [9.17, 15) is 18.8 Å². The Morgan fingerprint density at radius 3 is 2.44 bits per heavy atom. The number of nitrogens with zero attached hydrogens (tertiary/aromatic N) is 2. The summed E-state index contributed by atoms with van der Waals surface area (Å²) in [5.41, 5.74) is 0.238. The molecule has 3 rings (SSSR count). The van der Waals surface area contributed by atoms with E-state index in [2.05, 4.69) is 4.99 Å². The molecule has 0 unspecified atom stereocenters. The van der Waals surface area contributed by atoms with Crippen LogP contribution in [0.1, 0.15) is 0 Å². The van der Waals surface area contributed by atoms with E-state index in [1.165, 1.54) is 18.2 Å². The number of aliphatic imine (C=N–C) groups is 1. The third kappa shape index (κ3) is 3.41. The van der Waals surface area contributed by atoms with Crippen molar-refractivity contribution < 1.29 is 18.8 Å². The van der Waals surface area contributed by atoms with Gasteiger partial charge >= 0.3 is 6.03 Å². The smallest absolute Gasteiger partial charge is 0.276 e. The van der Waals surface area contributed by atoms with Crippen LogP contribution in [0.15, 0.2) is 53.5 Å². The van der Waals surface area contributed by atoms with Crippen LogP contribution in [0.2, 0.25) is 5.02 Å². The van der Waals surface area contributed by atoms with Gasteiger partial charge in [0.1, 0.15) is 5.82 Å². The molecule has 126 valence electrons. The summed E-state index contributed by atoms with van der Waals surface area (Å²) >= 11 is 5.77. The molecule has 2 aromatic rings. The molecule has 4 amide bonds. The van der Waals surface area contributed by atoms with Crippen molar-refractivity contribution in [3.8, 4) is 0 Å². The van der Waals surface area contributed by atoms with Crippen LogP contribution in [0.4, 0.5) is 20.6 Å². The van der Waals surface area contributed by atoms with Gasteiger partial charge in [-0.25, -0.2) is 14.1 Å². The molecule has 0 radical (unpaired) electrons. The Labute approximate surface area is 146 Å². The fraction of sp³-hybridized carbons (Fsp3) is 0.0588. The largest absolute Gasteiger partial charge is 0.335 e. The topological polar surface area (TPSA) is 78.8 Å². The van der Waals surface area contributed by atoms with E-state index in [0.29, 0.717) is 15.6 Å². The number of rotatable bonds is 3. The first kappa shape index (κ1) is 16.8. The summed E-state index contributed by atoms with van der Waals surface area (Å²) in [6, 6.07) is 10.7. The standard InChI is InChI=1S/C17H11ClFN3O3/c18-10-5-7-11(8-6-10)20-9-12-15(23)21-17(25)22(16(12)24)14-4-2-1-3-13(14)19/h1-9,12H,(H,21,23,25)/t12-/m1/s1. The highest BCUT2D eigenvalue weighted by atomic mass is 35.5. The number of halogens is 2. The van der Waals surface area contributed by atoms with E-state index < -0.39 is 29.6 Å². The molecule has 6 nitrogen and oxygen atoms in total. The molecule has 1 atom stereocenters. The van der Waals surface area contributed by atoms with E-state index in [1.54, 1.807) is 24.3 Å². The molecule has 25 heavy (non-hydrogen) atoms. The summed E-state index contributed by atoms with van der Waals surface area (Å²) in [5, 5.41) is 2.54. The first-order chi connectivity index (χ1) is 12.0. The number of benzene rings is 2. The lowest BCUT2D eigenvalue weighted by Crippen LogP contribution is -2.58. The van der Waals surface area contributed by atoms with Crippen LogP contribution in [-0.4, -0.2) is 24.1 Å². The van der Waals surface area contributed by atoms with Crippen LogP contribution in [-0.2, 0) is 9.59 Å². The van der Waals surface area contributed by atoms with Crippen molar-refractivity contribution in [1.82, 2.24) is 5.32 Å². The van der Waals surface area contributed by atoms with Crippen LogP contribution >= 0.6 is 11.6 Å². The van der Waals surface area contributed by atoms with Crippen LogP contribution in [0.25, 0.3) is 0 Å². The molecule has 1 saturated heterocycles. The molecule has 0 aromatic heterocycles. The van der Waals surface area contributed by atoms with Gasteiger partial charge in [0.25, 0.3) is 5.91 Å². The van der Waals surface area contributed by atoms with Crippen molar-refractivity contribution in [1.29, 1.82) is 0 Å². The number of carbonyl (C=O) groups is 3. The minimum Gasteiger partial charge on any atom is -0.276 e. The number of nitrogens with one attached hydrogen (secondary N) is 1. The normalized spacial score (nSPS) is 17.9. The van der Waals surface area contributed by atoms with Crippen molar-refractivity contribution in [2.75, 3.05) is 4.90 Å². The third-order valence-electron chi connectivity index (χ3n) is 3.49. The predicted molar refractivity (Wildman–Crippen MR) is 90.5 cm³/mol. The Morgan fingerprint density at radius 1 is 1.08 bits per heavy atom. The SMILES string of the molecule is O=C1NC(=O)N(c2ccccc2F)C(=O)[C@@H]1C=Nc1ccc(Cl)cc1. The lowest BCUT2D eigenvalue weighted by atomic mass is 10.1. The highest BCUT2D eigenvalue weighted by Gasteiger charge is 2.41. The Balaban J connectivity index is 1.90. The van der Waals surface area contributed by atoms with Crippen LogP contribution in [0.5, 0.6) is 0 Å². The van der Waals surface area contributed by atoms with Crippen molar-refractivity contribution >= 4 is 47.0 Å². The van der Waals surface area contributed by atoms with Crippen molar-refractivity contribution in [2.24, 2.45) is 10.9 Å². The molecule has 8 heteroatoms. The van der Waals surface area contributed by atoms with Gasteiger partial charge in [0.05, 0.1) is 11.4 Å². The third-order valence-corrected chi connectivity index (χ3v) is 3.75. The van der Waals surface area contributed by atoms with Gasteiger partial charge in [-0.05, 0) is 36.4 Å². The number of hydrogen-bond acceptors (Lipinski definition) is 4. The zero-order chi connectivity index (χ0) is 18.0. The quantitative estimate of drug-likeness (QED) is 0.675. The zero-order valence-corrected chi connectivity index (χ0v) is 13.4. The molecule has 1 N–H and O–H groups in total. The minimum absolute atomic E-state index is 0.234. The number of urea groups is 1. The van der Waals surface area contributed by atoms with Crippen LogP contribution in [0, 0.1) is 11.7 Å². The maximum absolute atomic E-state index is 13.9. The molecule has 1 heterocycles. The molecule has 0 spiro atoms. The summed E-state index contributed by atoms with van der Waals surface area (Å²) in [7, 11) is 0. The summed E-state index contributed by atoms with van der Waals surface area (Å²) in [5.74, 6) is -3.81. The van der Waals surface area contributed by atoms with Crippen molar-refractivity contribution in [3.63, 3.8) is 0 Å². The minimum atomic E-state index is -1.35. The van der Waals surface area contributed by atoms with E-state index in [1.807, 2.05) is 5.32 Å². The van der Waals surface area contributed by atoms with E-state index in [0.717, 1.165) is 12.3 Å². The average molecular weight is 360 g/mol. The number of para-hydroxylation sites is 1. The molecular weight excluding hydrogens is 349 g/mol. The second-order valence-electron chi connectivity index (χ2n) is 5.15. The van der Waals surface area contributed by atoms with Crippen molar-refractivity contribution in [2.45, 2.75) is 0 Å². The van der Waals surface area contributed by atoms with E-state index >= 15 is 0 Å². The Bertz CT molecular complexity index is 883. The van der Waals surface area contributed by atoms with Gasteiger partial charge in [-0.3, -0.25) is 19.9 Å². The highest BCUT2D eigenvalue weighted by Crippen LogP contribution is 2.23. The molecule has 1 aliphatic heterocycles. The lowest BCUT2D eigenvalue weighted by molar-refractivity contribution is -0.131. The molecule has 1 fully saturated rings. The molecule has 1 aliphatic rings. The number of anilines is 1. The molecule has 0 aliphatic carbocycles. The van der Waals surface area contributed by atoms with Crippen molar-refractivity contribution in [3.05, 3.63) is 59.4 Å². The molecule has 0 bridgehead atoms. The average Bonchev–Trinajstić information content (AvgIpc) is 2.57. The fourth-order valence-corrected chi connectivity index (χ4v) is 2.40. The Hall–Kier alpha value is -3.06. The van der Waals surface area contributed by atoms with Crippen LogP contribution < -0.4 is 10.2 Å². The summed E-state index contributed by atoms with van der Waals surface area (Å²) < 4.78 is 13.9. The number of barbiturate groups is 1. The van der Waals surface area contributed by atoms with Gasteiger partial charge in [-0.15, -0.1) is 0 Å². The number of imide groups is 2. The monoisotopic (exact) mass is 359 g/mol. The summed E-state index contributed by atoms with van der Waals surface area (Å²) in [6.07, 6.45) is 1.11. The maximum Gasteiger partial charge on any atom is 0.335 e. The summed E-state index contributed by atoms with van der Waals surface area (Å²) in [6.45, 7) is 0. The Morgan fingerprint density at radius 2 is 1.76 bits per heavy atom. The molecule has 0 saturated carbocycles. The first-order valence-electron chi connectivity index (χ1n) is 7.20. The van der Waals surface area contributed by atoms with Gasteiger partial charge in [0.15, 0.2) is 5.92 Å². The van der Waals surface area contributed by atoms with Gasteiger partial charge in [0.2, 0.25) is 5.91 Å². The summed E-state index contributed by atoms with van der Waals surface area (Å²) in [4.78, 5) is 41.1. The van der Waals surface area contributed by atoms with E-state index in [4.69, 9.17) is 11.6 Å². The maximum atomic E-state index is 13.9. The molecular formula is C17H11ClFN3O3. The fourth-order valence-electron chi connectivity index (χ4n) is 2.27. The lowest BCUT2D eigenvalue weighted by Gasteiger charge is -2.28. The van der Waals surface area contributed by atoms with Gasteiger partial charge < -0.3 is 0 Å². The van der Waals surface area contributed by atoms with Crippen LogP contribution in [0.3, 0.4) is 0 Å².